The summed E-state index contributed by atoms with van der Waals surface area (Å²) in [5.41, 5.74) is 10.5. The fourth-order valence-corrected chi connectivity index (χ4v) is 3.51. The summed E-state index contributed by atoms with van der Waals surface area (Å²) < 4.78 is 18.8. The Hall–Kier alpha value is -3.74. The molecule has 2 aromatic heterocycles. The summed E-state index contributed by atoms with van der Waals surface area (Å²) in [6.07, 6.45) is -0.0123. The Labute approximate surface area is 166 Å². The predicted octanol–water partition coefficient (Wildman–Crippen LogP) is 3.78. The molecule has 4 aromatic rings. The normalized spacial score (nSPS) is 11.0. The molecular weight excluding hydrogens is 371 g/mol. The maximum Gasteiger partial charge on any atom is 0.221 e. The summed E-state index contributed by atoms with van der Waals surface area (Å²) in [6.45, 7) is 1.88. The van der Waals surface area contributed by atoms with Crippen molar-refractivity contribution < 1.29 is 13.9 Å². The number of halogens is 1. The van der Waals surface area contributed by atoms with Gasteiger partial charge in [-0.25, -0.2) is 9.37 Å². The summed E-state index contributed by atoms with van der Waals surface area (Å²) >= 11 is 0. The SMILES string of the molecule is COc1ccc(-c2nc3n[nH]c(C)c3c(-c3ccc(F)cc3)c2CC(N)=O)cc1. The van der Waals surface area contributed by atoms with E-state index < -0.39 is 5.91 Å². The van der Waals surface area contributed by atoms with Gasteiger partial charge in [-0.15, -0.1) is 0 Å². The number of pyridine rings is 1. The second kappa shape index (κ2) is 7.35. The van der Waals surface area contributed by atoms with Crippen LogP contribution >= 0.6 is 0 Å². The third-order valence-corrected chi connectivity index (χ3v) is 4.83. The molecule has 0 spiro atoms. The van der Waals surface area contributed by atoms with Gasteiger partial charge in [-0.05, 0) is 54.4 Å². The van der Waals surface area contributed by atoms with Gasteiger partial charge in [0.05, 0.1) is 19.2 Å². The van der Waals surface area contributed by atoms with Gasteiger partial charge in [-0.1, -0.05) is 12.1 Å². The second-order valence-electron chi connectivity index (χ2n) is 6.74. The van der Waals surface area contributed by atoms with Gasteiger partial charge < -0.3 is 10.5 Å². The lowest BCUT2D eigenvalue weighted by molar-refractivity contribution is -0.117. The number of H-pyrrole nitrogens is 1. The minimum Gasteiger partial charge on any atom is -0.497 e. The standard InChI is InChI=1S/C22H19FN4O2/c1-12-19-20(13-3-7-15(23)8-4-13)17(11-18(24)28)21(25-22(19)27-26-12)14-5-9-16(29-2)10-6-14/h3-10H,11H2,1-2H3,(H2,24,28)(H,25,26,27). The molecule has 0 unspecified atom stereocenters. The number of rotatable bonds is 5. The molecule has 0 bridgehead atoms. The van der Waals surface area contributed by atoms with Crippen LogP contribution in [-0.2, 0) is 11.2 Å². The van der Waals surface area contributed by atoms with Crippen LogP contribution in [0.25, 0.3) is 33.4 Å². The third kappa shape index (κ3) is 3.42. The van der Waals surface area contributed by atoms with E-state index in [9.17, 15) is 9.18 Å². The van der Waals surface area contributed by atoms with Gasteiger partial charge in [0.25, 0.3) is 0 Å². The highest BCUT2D eigenvalue weighted by molar-refractivity contribution is 6.01. The zero-order chi connectivity index (χ0) is 20.5. The Balaban J connectivity index is 2.07. The maximum atomic E-state index is 13.5. The van der Waals surface area contributed by atoms with Crippen LogP contribution in [0.4, 0.5) is 4.39 Å². The molecule has 0 saturated carbocycles. The van der Waals surface area contributed by atoms with Crippen LogP contribution in [0.3, 0.4) is 0 Å². The fourth-order valence-electron chi connectivity index (χ4n) is 3.51. The molecule has 0 radical (unpaired) electrons. The highest BCUT2D eigenvalue weighted by atomic mass is 19.1. The Morgan fingerprint density at radius 2 is 1.76 bits per heavy atom. The molecule has 7 heteroatoms. The van der Waals surface area contributed by atoms with Crippen molar-refractivity contribution in [1.82, 2.24) is 15.2 Å². The van der Waals surface area contributed by atoms with Crippen molar-refractivity contribution >= 4 is 16.9 Å². The number of nitrogens with zero attached hydrogens (tertiary/aromatic N) is 2. The number of benzene rings is 2. The van der Waals surface area contributed by atoms with E-state index >= 15 is 0 Å². The van der Waals surface area contributed by atoms with Crippen LogP contribution in [0.2, 0.25) is 0 Å². The van der Waals surface area contributed by atoms with Crippen molar-refractivity contribution in [1.29, 1.82) is 0 Å². The third-order valence-electron chi connectivity index (χ3n) is 4.83. The molecule has 6 nitrogen and oxygen atoms in total. The number of amides is 1. The minimum atomic E-state index is -0.481. The van der Waals surface area contributed by atoms with E-state index in [0.29, 0.717) is 22.7 Å². The smallest absolute Gasteiger partial charge is 0.221 e. The molecule has 0 aliphatic rings. The monoisotopic (exact) mass is 390 g/mol. The van der Waals surface area contributed by atoms with Gasteiger partial charge in [0.1, 0.15) is 11.6 Å². The molecule has 0 aliphatic heterocycles. The van der Waals surface area contributed by atoms with Gasteiger partial charge in [0, 0.05) is 22.2 Å². The number of aryl methyl sites for hydroxylation is 1. The lowest BCUT2D eigenvalue weighted by Gasteiger charge is -2.16. The van der Waals surface area contributed by atoms with Crippen LogP contribution in [0.5, 0.6) is 5.75 Å². The Kier molecular flexibility index (Phi) is 4.72. The first-order valence-electron chi connectivity index (χ1n) is 9.04. The van der Waals surface area contributed by atoms with Gasteiger partial charge in [0.2, 0.25) is 5.91 Å². The molecule has 3 N–H and O–H groups in total. The van der Waals surface area contributed by atoms with E-state index in [1.54, 1.807) is 19.2 Å². The largest absolute Gasteiger partial charge is 0.497 e. The maximum absolute atomic E-state index is 13.5. The minimum absolute atomic E-state index is 0.0123. The summed E-state index contributed by atoms with van der Waals surface area (Å²) in [5, 5.41) is 8.05. The van der Waals surface area contributed by atoms with E-state index in [4.69, 9.17) is 15.5 Å². The number of carbonyl (C=O) groups is 1. The molecule has 2 aromatic carbocycles. The molecule has 29 heavy (non-hydrogen) atoms. The van der Waals surface area contributed by atoms with Crippen LogP contribution in [0, 0.1) is 12.7 Å². The topological polar surface area (TPSA) is 93.9 Å². The number of nitrogens with two attached hydrogens (primary N) is 1. The average molecular weight is 390 g/mol. The first-order chi connectivity index (χ1) is 14.0. The molecule has 1 amide bonds. The van der Waals surface area contributed by atoms with E-state index in [-0.39, 0.29) is 12.2 Å². The van der Waals surface area contributed by atoms with Crippen molar-refractivity contribution in [3.8, 4) is 28.1 Å². The van der Waals surface area contributed by atoms with Crippen molar-refractivity contribution in [2.45, 2.75) is 13.3 Å². The predicted molar refractivity (Wildman–Crippen MR) is 109 cm³/mol. The van der Waals surface area contributed by atoms with Gasteiger partial charge in [0.15, 0.2) is 5.65 Å². The Bertz CT molecular complexity index is 1200. The molecule has 4 rings (SSSR count). The van der Waals surface area contributed by atoms with Crippen molar-refractivity contribution in [2.24, 2.45) is 5.73 Å². The molecular formula is C22H19FN4O2. The summed E-state index contributed by atoms with van der Waals surface area (Å²) in [7, 11) is 1.59. The number of methoxy groups -OCH3 is 1. The van der Waals surface area contributed by atoms with Crippen LogP contribution < -0.4 is 10.5 Å². The zero-order valence-corrected chi connectivity index (χ0v) is 16.0. The van der Waals surface area contributed by atoms with Crippen molar-refractivity contribution in [2.75, 3.05) is 7.11 Å². The van der Waals surface area contributed by atoms with E-state index in [0.717, 1.165) is 27.8 Å². The summed E-state index contributed by atoms with van der Waals surface area (Å²) in [5.74, 6) is -0.110. The van der Waals surface area contributed by atoms with E-state index in [1.807, 2.05) is 31.2 Å². The number of ether oxygens (including phenoxy) is 1. The molecule has 146 valence electrons. The summed E-state index contributed by atoms with van der Waals surface area (Å²) in [4.78, 5) is 16.7. The van der Waals surface area contributed by atoms with E-state index in [1.165, 1.54) is 12.1 Å². The number of hydrogen-bond acceptors (Lipinski definition) is 4. The number of carbonyl (C=O) groups excluding carboxylic acids is 1. The molecule has 0 aliphatic carbocycles. The van der Waals surface area contributed by atoms with Crippen LogP contribution in [0.1, 0.15) is 11.3 Å². The molecule has 0 fully saturated rings. The fraction of sp³-hybridized carbons (Fsp3) is 0.136. The molecule has 0 saturated heterocycles. The molecule has 0 atom stereocenters. The first kappa shape index (κ1) is 18.6. The highest BCUT2D eigenvalue weighted by Crippen LogP contribution is 2.38. The number of aromatic nitrogens is 3. The number of nitrogens with one attached hydrogen (secondary N) is 1. The quantitative estimate of drug-likeness (QED) is 0.542. The van der Waals surface area contributed by atoms with Gasteiger partial charge in [-0.2, -0.15) is 5.10 Å². The number of primary amides is 1. The zero-order valence-electron chi connectivity index (χ0n) is 16.0. The van der Waals surface area contributed by atoms with E-state index in [2.05, 4.69) is 10.2 Å². The second-order valence-corrected chi connectivity index (χ2v) is 6.74. The van der Waals surface area contributed by atoms with Gasteiger partial charge >= 0.3 is 0 Å². The van der Waals surface area contributed by atoms with Gasteiger partial charge in [-0.3, -0.25) is 9.89 Å². The van der Waals surface area contributed by atoms with Crippen LogP contribution in [0.15, 0.2) is 48.5 Å². The van der Waals surface area contributed by atoms with Crippen molar-refractivity contribution in [3.63, 3.8) is 0 Å². The number of aromatic amines is 1. The van der Waals surface area contributed by atoms with Crippen LogP contribution in [-0.4, -0.2) is 28.2 Å². The first-order valence-corrected chi connectivity index (χ1v) is 9.04. The van der Waals surface area contributed by atoms with Crippen molar-refractivity contribution in [3.05, 3.63) is 65.6 Å². The molecule has 2 heterocycles. The lowest BCUT2D eigenvalue weighted by atomic mass is 9.91. The Morgan fingerprint density at radius 1 is 1.10 bits per heavy atom. The highest BCUT2D eigenvalue weighted by Gasteiger charge is 2.22. The average Bonchev–Trinajstić information content (AvgIpc) is 3.08. The number of hydrogen-bond donors (Lipinski definition) is 2. The summed E-state index contributed by atoms with van der Waals surface area (Å²) in [6, 6.07) is 13.5. The number of fused-ring (bicyclic) bond motifs is 1. The lowest BCUT2D eigenvalue weighted by Crippen LogP contribution is -2.16. The Morgan fingerprint density at radius 3 is 2.38 bits per heavy atom.